The molecular weight excluding hydrogens is 559 g/mol. The van der Waals surface area contributed by atoms with E-state index in [1.54, 1.807) is 24.4 Å². The molecule has 3 amide bonds. The molecule has 212 valence electrons. The van der Waals surface area contributed by atoms with E-state index in [1.807, 2.05) is 23.7 Å². The zero-order valence-corrected chi connectivity index (χ0v) is 23.5. The van der Waals surface area contributed by atoms with Crippen molar-refractivity contribution < 1.29 is 18.7 Å². The molecule has 2 aliphatic rings. The summed E-state index contributed by atoms with van der Waals surface area (Å²) in [6, 6.07) is 17.8. The third-order valence-electron chi connectivity index (χ3n) is 7.59. The predicted octanol–water partition coefficient (Wildman–Crippen LogP) is 5.29. The molecule has 6 rings (SSSR count). The fourth-order valence-corrected chi connectivity index (χ4v) is 5.59. The number of nitriles is 1. The van der Waals surface area contributed by atoms with Crippen molar-refractivity contribution in [1.82, 2.24) is 19.8 Å². The quantitative estimate of drug-likeness (QED) is 0.316. The number of hydrogen-bond acceptors (Lipinski definition) is 6. The summed E-state index contributed by atoms with van der Waals surface area (Å²) in [5.41, 5.74) is 4.92. The number of aromatic nitrogens is 2. The fourth-order valence-electron chi connectivity index (χ4n) is 5.37. The Hall–Kier alpha value is -4.72. The van der Waals surface area contributed by atoms with E-state index in [-0.39, 0.29) is 24.5 Å². The lowest BCUT2D eigenvalue weighted by Crippen LogP contribution is -2.50. The Balaban J connectivity index is 1.14. The minimum Gasteiger partial charge on any atom is -0.489 e. The molecule has 9 nitrogen and oxygen atoms in total. The number of imidazole rings is 1. The Kier molecular flexibility index (Phi) is 7.37. The van der Waals surface area contributed by atoms with Crippen molar-refractivity contribution in [3.8, 4) is 23.2 Å². The minimum atomic E-state index is -0.448. The van der Waals surface area contributed by atoms with Crippen molar-refractivity contribution in [2.75, 3.05) is 11.4 Å². The number of imide groups is 1. The van der Waals surface area contributed by atoms with E-state index in [9.17, 15) is 19.2 Å². The smallest absolute Gasteiger partial charge is 0.329 e. The summed E-state index contributed by atoms with van der Waals surface area (Å²) in [6.07, 6.45) is 1.89. The number of urea groups is 1. The monoisotopic (exact) mass is 584 g/mol. The summed E-state index contributed by atoms with van der Waals surface area (Å²) in [6.45, 7) is 2.27. The Morgan fingerprint density at radius 2 is 1.95 bits per heavy atom. The summed E-state index contributed by atoms with van der Waals surface area (Å²) in [4.78, 5) is 32.2. The van der Waals surface area contributed by atoms with Gasteiger partial charge in [-0.25, -0.2) is 14.2 Å². The Bertz CT molecular complexity index is 1740. The van der Waals surface area contributed by atoms with Crippen molar-refractivity contribution in [2.45, 2.75) is 32.7 Å². The number of fused-ring (bicyclic) bond motifs is 1. The highest BCUT2D eigenvalue weighted by molar-refractivity contribution is 6.31. The lowest BCUT2D eigenvalue weighted by Gasteiger charge is -2.26. The lowest BCUT2D eigenvalue weighted by molar-refractivity contribution is -0.120. The average Bonchev–Trinajstić information content (AvgIpc) is 3.55. The first kappa shape index (κ1) is 27.4. The maximum atomic E-state index is 14.1. The molecular formula is C31H26ClFN6O3. The first-order chi connectivity index (χ1) is 20.3. The van der Waals surface area contributed by atoms with Gasteiger partial charge >= 0.3 is 6.03 Å². The topological polar surface area (TPSA) is 103 Å². The van der Waals surface area contributed by atoms with Crippen LogP contribution in [-0.4, -0.2) is 32.9 Å². The maximum Gasteiger partial charge on any atom is 0.329 e. The predicted molar refractivity (Wildman–Crippen MR) is 154 cm³/mol. The molecule has 1 saturated heterocycles. The van der Waals surface area contributed by atoms with Gasteiger partial charge in [0.25, 0.3) is 0 Å². The van der Waals surface area contributed by atoms with Crippen LogP contribution < -0.4 is 15.0 Å². The first-order valence-corrected chi connectivity index (χ1v) is 13.7. The number of nitrogens with one attached hydrogen (secondary N) is 1. The SMILES string of the molecule is Cn1c(N2CCC(=O)NC2=O)cnc1-c1ccc2c(c1)CN(Cc1ccc(OCc3c(F)cccc3Cl)cc1C#N)C2. The van der Waals surface area contributed by atoms with Gasteiger partial charge in [0.1, 0.15) is 29.8 Å². The largest absolute Gasteiger partial charge is 0.489 e. The number of halogens is 2. The first-order valence-electron chi connectivity index (χ1n) is 13.4. The van der Waals surface area contributed by atoms with E-state index >= 15 is 0 Å². The number of rotatable bonds is 7. The summed E-state index contributed by atoms with van der Waals surface area (Å²) < 4.78 is 21.7. The molecule has 3 aromatic carbocycles. The van der Waals surface area contributed by atoms with Crippen molar-refractivity contribution in [3.63, 3.8) is 0 Å². The van der Waals surface area contributed by atoms with E-state index in [1.165, 1.54) is 28.2 Å². The van der Waals surface area contributed by atoms with Gasteiger partial charge < -0.3 is 9.30 Å². The van der Waals surface area contributed by atoms with E-state index < -0.39 is 11.8 Å². The minimum absolute atomic E-state index is 0.0398. The van der Waals surface area contributed by atoms with Gasteiger partial charge in [-0.3, -0.25) is 19.9 Å². The van der Waals surface area contributed by atoms with Crippen molar-refractivity contribution in [2.24, 2.45) is 7.05 Å². The van der Waals surface area contributed by atoms with Crippen LogP contribution in [0, 0.1) is 17.1 Å². The van der Waals surface area contributed by atoms with Gasteiger partial charge in [0, 0.05) is 50.8 Å². The van der Waals surface area contributed by atoms with Crippen molar-refractivity contribution in [1.29, 1.82) is 5.26 Å². The highest BCUT2D eigenvalue weighted by atomic mass is 35.5. The van der Waals surface area contributed by atoms with Crippen LogP contribution >= 0.6 is 11.6 Å². The molecule has 1 aromatic heterocycles. The lowest BCUT2D eigenvalue weighted by atomic mass is 10.1. The number of anilines is 1. The van der Waals surface area contributed by atoms with Gasteiger partial charge in [0.15, 0.2) is 0 Å². The Morgan fingerprint density at radius 3 is 2.74 bits per heavy atom. The van der Waals surface area contributed by atoms with Crippen LogP contribution in [0.4, 0.5) is 15.0 Å². The molecule has 0 spiro atoms. The van der Waals surface area contributed by atoms with Crippen LogP contribution in [0.3, 0.4) is 0 Å². The van der Waals surface area contributed by atoms with Crippen LogP contribution in [0.5, 0.6) is 5.75 Å². The molecule has 42 heavy (non-hydrogen) atoms. The van der Waals surface area contributed by atoms with Gasteiger partial charge in [0.2, 0.25) is 5.91 Å². The summed E-state index contributed by atoms with van der Waals surface area (Å²) >= 11 is 6.10. The summed E-state index contributed by atoms with van der Waals surface area (Å²) in [5, 5.41) is 12.5. The summed E-state index contributed by atoms with van der Waals surface area (Å²) in [5.74, 6) is 1.08. The second-order valence-corrected chi connectivity index (χ2v) is 10.7. The third kappa shape index (κ3) is 5.32. The fraction of sp³-hybridized carbons (Fsp3) is 0.226. The number of carbonyl (C=O) groups excluding carboxylic acids is 2. The molecule has 0 unspecified atom stereocenters. The van der Waals surface area contributed by atoms with Crippen LogP contribution in [-0.2, 0) is 38.1 Å². The number of hydrogen-bond donors (Lipinski definition) is 1. The van der Waals surface area contributed by atoms with E-state index in [0.29, 0.717) is 41.8 Å². The number of carbonyl (C=O) groups is 2. The zero-order chi connectivity index (χ0) is 29.4. The van der Waals surface area contributed by atoms with Crippen molar-refractivity contribution in [3.05, 3.63) is 99.5 Å². The van der Waals surface area contributed by atoms with Gasteiger partial charge in [0.05, 0.1) is 22.9 Å². The van der Waals surface area contributed by atoms with Crippen LogP contribution in [0.2, 0.25) is 5.02 Å². The number of ether oxygens (including phenoxy) is 1. The molecule has 11 heteroatoms. The Labute approximate surface area is 246 Å². The highest BCUT2D eigenvalue weighted by Crippen LogP contribution is 2.32. The molecule has 0 bridgehead atoms. The molecule has 0 atom stereocenters. The van der Waals surface area contributed by atoms with Crippen LogP contribution in [0.15, 0.2) is 60.8 Å². The number of benzene rings is 3. The normalized spacial score (nSPS) is 15.0. The maximum absolute atomic E-state index is 14.1. The second kappa shape index (κ2) is 11.3. The molecule has 1 N–H and O–H groups in total. The standard InChI is InChI=1S/C31H26ClFN6O3/c1-37-29(39-10-9-28(40)36-31(39)41)14-35-30(37)19-5-6-21-16-38(17-23(21)11-19)15-20-7-8-24(12-22(20)13-34)42-18-25-26(32)3-2-4-27(25)33/h2-8,11-12,14H,9-10,15-18H2,1H3,(H,36,40,41). The van der Waals surface area contributed by atoms with E-state index in [4.69, 9.17) is 16.3 Å². The molecule has 2 aliphatic heterocycles. The number of amides is 3. The molecule has 0 aliphatic carbocycles. The van der Waals surface area contributed by atoms with Gasteiger partial charge in [-0.15, -0.1) is 0 Å². The third-order valence-corrected chi connectivity index (χ3v) is 7.94. The van der Waals surface area contributed by atoms with Crippen molar-refractivity contribution >= 4 is 29.4 Å². The molecule has 0 radical (unpaired) electrons. The molecule has 3 heterocycles. The second-order valence-electron chi connectivity index (χ2n) is 10.3. The van der Waals surface area contributed by atoms with E-state index in [0.717, 1.165) is 23.5 Å². The summed E-state index contributed by atoms with van der Waals surface area (Å²) in [7, 11) is 1.85. The molecule has 0 saturated carbocycles. The van der Waals surface area contributed by atoms with Gasteiger partial charge in [-0.05, 0) is 47.0 Å². The molecule has 1 fully saturated rings. The average molecular weight is 585 g/mol. The molecule has 4 aromatic rings. The van der Waals surface area contributed by atoms with Crippen LogP contribution in [0.1, 0.15) is 34.2 Å². The van der Waals surface area contributed by atoms with E-state index in [2.05, 4.69) is 33.4 Å². The zero-order valence-electron chi connectivity index (χ0n) is 22.7. The Morgan fingerprint density at radius 1 is 1.12 bits per heavy atom. The number of nitrogens with zero attached hydrogens (tertiary/aromatic N) is 5. The van der Waals surface area contributed by atoms with Gasteiger partial charge in [-0.1, -0.05) is 35.9 Å². The van der Waals surface area contributed by atoms with Crippen LogP contribution in [0.25, 0.3) is 11.4 Å². The highest BCUT2D eigenvalue weighted by Gasteiger charge is 2.28. The van der Waals surface area contributed by atoms with Gasteiger partial charge in [-0.2, -0.15) is 5.26 Å².